The van der Waals surface area contributed by atoms with Crippen LogP contribution < -0.4 is 19.9 Å². The van der Waals surface area contributed by atoms with Gasteiger partial charge in [-0.05, 0) is 31.0 Å². The molecule has 1 aromatic heterocycles. The fourth-order valence-corrected chi connectivity index (χ4v) is 5.71. The molecule has 4 aromatic rings. The van der Waals surface area contributed by atoms with Crippen molar-refractivity contribution in [3.05, 3.63) is 129 Å². The Kier molecular flexibility index (Phi) is 6.95. The van der Waals surface area contributed by atoms with Crippen LogP contribution in [0.5, 0.6) is 11.5 Å². The molecule has 0 radical (unpaired) electrons. The van der Waals surface area contributed by atoms with Crippen LogP contribution >= 0.6 is 0 Å². The number of rotatable bonds is 5. The summed E-state index contributed by atoms with van der Waals surface area (Å²) in [6, 6.07) is 21.3. The van der Waals surface area contributed by atoms with Gasteiger partial charge < -0.3 is 14.4 Å². The van der Waals surface area contributed by atoms with Crippen molar-refractivity contribution in [1.82, 2.24) is 9.58 Å². The second kappa shape index (κ2) is 10.7. The summed E-state index contributed by atoms with van der Waals surface area (Å²) in [5.41, 5.74) is 1.65. The van der Waals surface area contributed by atoms with Gasteiger partial charge in [0.05, 0.1) is 6.61 Å². The molecule has 0 bridgehead atoms. The van der Waals surface area contributed by atoms with Gasteiger partial charge in [-0.15, -0.1) is 0 Å². The molecule has 210 valence electrons. The fourth-order valence-electron chi connectivity index (χ4n) is 5.71. The molecule has 41 heavy (non-hydrogen) atoms. The van der Waals surface area contributed by atoms with Crippen molar-refractivity contribution in [3.8, 4) is 11.5 Å². The van der Waals surface area contributed by atoms with E-state index < -0.39 is 29.3 Å². The predicted octanol–water partition coefficient (Wildman–Crippen LogP) is 5.41. The number of carbonyl (C=O) groups is 1. The Hall–Kier alpha value is -4.66. The summed E-state index contributed by atoms with van der Waals surface area (Å²) in [6.07, 6.45) is 1.39. The first kappa shape index (κ1) is 26.6. The lowest BCUT2D eigenvalue weighted by Crippen LogP contribution is -2.64. The van der Waals surface area contributed by atoms with Crippen LogP contribution in [0.25, 0.3) is 0 Å². The van der Waals surface area contributed by atoms with Crippen LogP contribution in [-0.4, -0.2) is 34.3 Å². The molecular weight excluding hydrogens is 528 g/mol. The Balaban J connectivity index is 1.60. The van der Waals surface area contributed by atoms with Crippen LogP contribution in [0, 0.1) is 11.6 Å². The molecule has 2 unspecified atom stereocenters. The summed E-state index contributed by atoms with van der Waals surface area (Å²) in [5, 5.41) is 1.94. The number of hydrogen-bond acceptors (Lipinski definition) is 5. The zero-order valence-corrected chi connectivity index (χ0v) is 22.7. The summed E-state index contributed by atoms with van der Waals surface area (Å²) in [5.74, 6) is -2.23. The minimum Gasteiger partial charge on any atom is -0.493 e. The Labute approximate surface area is 236 Å². The van der Waals surface area contributed by atoms with Crippen molar-refractivity contribution < 1.29 is 23.0 Å². The number of benzene rings is 3. The number of amides is 1. The molecule has 0 spiro atoms. The lowest BCUT2D eigenvalue weighted by Gasteiger charge is -2.52. The number of halogens is 2. The Morgan fingerprint density at radius 3 is 2.34 bits per heavy atom. The van der Waals surface area contributed by atoms with E-state index in [4.69, 9.17) is 9.47 Å². The first-order valence-corrected chi connectivity index (χ1v) is 13.6. The lowest BCUT2D eigenvalue weighted by molar-refractivity contribution is 0.0404. The largest absolute Gasteiger partial charge is 0.493 e. The first-order chi connectivity index (χ1) is 19.8. The van der Waals surface area contributed by atoms with Crippen LogP contribution in [0.15, 0.2) is 89.9 Å². The maximum absolute atomic E-state index is 14.8. The molecule has 0 saturated heterocycles. The average Bonchev–Trinajstić information content (AvgIpc) is 2.96. The zero-order chi connectivity index (χ0) is 28.7. The van der Waals surface area contributed by atoms with Crippen molar-refractivity contribution in [2.75, 3.05) is 11.6 Å². The zero-order valence-electron chi connectivity index (χ0n) is 22.7. The van der Waals surface area contributed by atoms with E-state index in [0.29, 0.717) is 12.0 Å². The maximum Gasteiger partial charge on any atom is 0.278 e. The van der Waals surface area contributed by atoms with Gasteiger partial charge in [-0.1, -0.05) is 60.7 Å². The molecule has 9 heteroatoms. The number of nitrogens with zero attached hydrogens (tertiary/aromatic N) is 3. The van der Waals surface area contributed by atoms with Crippen LogP contribution in [-0.2, 0) is 6.61 Å². The molecule has 2 aliphatic heterocycles. The van der Waals surface area contributed by atoms with E-state index in [1.807, 2.05) is 79.5 Å². The number of aromatic nitrogens is 1. The van der Waals surface area contributed by atoms with Gasteiger partial charge in [-0.25, -0.2) is 8.78 Å². The third kappa shape index (κ3) is 4.71. The molecule has 3 heterocycles. The minimum absolute atomic E-state index is 0.0684. The van der Waals surface area contributed by atoms with Gasteiger partial charge in [0.15, 0.2) is 23.1 Å². The molecule has 0 saturated carbocycles. The van der Waals surface area contributed by atoms with Crippen molar-refractivity contribution >= 4 is 5.91 Å². The number of fused-ring (bicyclic) bond motifs is 4. The number of carbonyl (C=O) groups excluding carboxylic acids is 1. The summed E-state index contributed by atoms with van der Waals surface area (Å²) >= 11 is 0. The highest BCUT2D eigenvalue weighted by Crippen LogP contribution is 2.42. The molecular formula is C32H29F2N3O4. The highest BCUT2D eigenvalue weighted by molar-refractivity contribution is 5.97. The summed E-state index contributed by atoms with van der Waals surface area (Å²) in [7, 11) is 0. The molecule has 0 N–H and O–H groups in total. The average molecular weight is 558 g/mol. The molecule has 7 nitrogen and oxygen atoms in total. The quantitative estimate of drug-likeness (QED) is 0.329. The van der Waals surface area contributed by atoms with Gasteiger partial charge in [-0.2, -0.15) is 0 Å². The van der Waals surface area contributed by atoms with Gasteiger partial charge in [0.25, 0.3) is 5.91 Å². The Bertz CT molecular complexity index is 1640. The van der Waals surface area contributed by atoms with E-state index in [-0.39, 0.29) is 42.4 Å². The second-order valence-electron chi connectivity index (χ2n) is 10.4. The second-order valence-corrected chi connectivity index (χ2v) is 10.4. The smallest absolute Gasteiger partial charge is 0.278 e. The Morgan fingerprint density at radius 1 is 0.951 bits per heavy atom. The van der Waals surface area contributed by atoms with Crippen molar-refractivity contribution in [2.24, 2.45) is 0 Å². The van der Waals surface area contributed by atoms with Crippen LogP contribution in [0.2, 0.25) is 0 Å². The highest BCUT2D eigenvalue weighted by atomic mass is 19.2. The van der Waals surface area contributed by atoms with Gasteiger partial charge in [0.2, 0.25) is 5.43 Å². The van der Waals surface area contributed by atoms with E-state index in [1.54, 1.807) is 15.8 Å². The topological polar surface area (TPSA) is 64.0 Å². The van der Waals surface area contributed by atoms with Gasteiger partial charge in [0, 0.05) is 36.4 Å². The predicted molar refractivity (Wildman–Crippen MR) is 150 cm³/mol. The molecule has 1 amide bonds. The molecule has 0 fully saturated rings. The van der Waals surface area contributed by atoms with E-state index in [2.05, 4.69) is 0 Å². The number of hydrogen-bond donors (Lipinski definition) is 0. The van der Waals surface area contributed by atoms with Crippen molar-refractivity contribution in [2.45, 2.75) is 45.1 Å². The van der Waals surface area contributed by atoms with E-state index >= 15 is 0 Å². The highest BCUT2D eigenvalue weighted by Gasteiger charge is 2.46. The first-order valence-electron chi connectivity index (χ1n) is 13.6. The molecule has 0 aliphatic carbocycles. The Morgan fingerprint density at radius 2 is 1.63 bits per heavy atom. The SMILES string of the molecule is CC(C)N1C(=O)c2c(OCc3ccccc3)c(=O)ccn2N2C(c3ccccc3)c3cc(F)c(F)cc3OCCC12. The molecule has 3 aromatic carbocycles. The maximum atomic E-state index is 14.8. The van der Waals surface area contributed by atoms with Crippen molar-refractivity contribution in [1.29, 1.82) is 0 Å². The number of ether oxygens (including phenoxy) is 2. The lowest BCUT2D eigenvalue weighted by atomic mass is 9.94. The van der Waals surface area contributed by atoms with E-state index in [1.165, 1.54) is 6.07 Å². The molecule has 6 rings (SSSR count). The number of pyridine rings is 1. The van der Waals surface area contributed by atoms with E-state index in [9.17, 15) is 18.4 Å². The third-order valence-electron chi connectivity index (χ3n) is 7.49. The summed E-state index contributed by atoms with van der Waals surface area (Å²) in [6.45, 7) is 4.05. The molecule has 2 aliphatic rings. The van der Waals surface area contributed by atoms with Crippen LogP contribution in [0.1, 0.15) is 53.5 Å². The van der Waals surface area contributed by atoms with Crippen LogP contribution in [0.4, 0.5) is 8.78 Å². The molecule has 2 atom stereocenters. The minimum atomic E-state index is -1.01. The third-order valence-corrected chi connectivity index (χ3v) is 7.49. The summed E-state index contributed by atoms with van der Waals surface area (Å²) < 4.78 is 42.9. The fraction of sp³-hybridized carbons (Fsp3) is 0.250. The van der Waals surface area contributed by atoms with Crippen LogP contribution in [0.3, 0.4) is 0 Å². The van der Waals surface area contributed by atoms with Gasteiger partial charge in [0.1, 0.15) is 24.6 Å². The van der Waals surface area contributed by atoms with Crippen molar-refractivity contribution in [3.63, 3.8) is 0 Å². The van der Waals surface area contributed by atoms with E-state index in [0.717, 1.165) is 23.3 Å². The standard InChI is InChI=1S/C32H29F2N3O4/c1-20(2)36-28-14-16-40-27-18-25(34)24(33)17-23(27)29(22-11-7-4-8-12-22)37(28)35-15-13-26(38)31(30(35)32(36)39)41-19-21-9-5-3-6-10-21/h3-13,15,17-18,20,28-29H,14,16,19H2,1-2H3. The monoisotopic (exact) mass is 557 g/mol. The normalized spacial score (nSPS) is 18.1. The van der Waals surface area contributed by atoms with Gasteiger partial charge in [-0.3, -0.25) is 19.3 Å². The van der Waals surface area contributed by atoms with Gasteiger partial charge >= 0.3 is 0 Å². The summed E-state index contributed by atoms with van der Waals surface area (Å²) in [4.78, 5) is 29.1.